The first-order valence-electron chi connectivity index (χ1n) is 7.24. The van der Waals surface area contributed by atoms with Gasteiger partial charge >= 0.3 is 5.97 Å². The number of H-pyrrole nitrogens is 1. The quantitative estimate of drug-likeness (QED) is 0.438. The number of rotatable bonds is 5. The van der Waals surface area contributed by atoms with Gasteiger partial charge in [-0.05, 0) is 30.3 Å². The van der Waals surface area contributed by atoms with E-state index < -0.39 is 39.1 Å². The Labute approximate surface area is 156 Å². The van der Waals surface area contributed by atoms with Gasteiger partial charge in [-0.15, -0.1) is 0 Å². The van der Waals surface area contributed by atoms with Crippen molar-refractivity contribution in [3.05, 3.63) is 58.9 Å². The molecule has 0 saturated carbocycles. The average molecular weight is 414 g/mol. The first-order valence-corrected chi connectivity index (χ1v) is 9.10. The van der Waals surface area contributed by atoms with Gasteiger partial charge in [0.15, 0.2) is 11.6 Å². The first kappa shape index (κ1) is 18.8. The van der Waals surface area contributed by atoms with E-state index in [4.69, 9.17) is 16.7 Å². The number of carbonyl (C=O) groups is 1. The molecular formula is C16H10ClF2N3O4S. The Morgan fingerprint density at radius 3 is 2.74 bits per heavy atom. The van der Waals surface area contributed by atoms with Gasteiger partial charge in [0.1, 0.15) is 4.90 Å². The molecule has 0 bridgehead atoms. The second kappa shape index (κ2) is 6.97. The van der Waals surface area contributed by atoms with Crippen molar-refractivity contribution in [2.75, 3.05) is 4.72 Å². The van der Waals surface area contributed by atoms with Crippen molar-refractivity contribution >= 4 is 50.4 Å². The molecule has 0 unspecified atom stereocenters. The molecule has 2 heterocycles. The highest BCUT2D eigenvalue weighted by Gasteiger charge is 2.22. The zero-order chi connectivity index (χ0) is 19.8. The fourth-order valence-electron chi connectivity index (χ4n) is 2.31. The van der Waals surface area contributed by atoms with Crippen LogP contribution in [-0.4, -0.2) is 29.5 Å². The van der Waals surface area contributed by atoms with E-state index in [1.165, 1.54) is 24.4 Å². The Hall–Kier alpha value is -2.98. The number of pyridine rings is 1. The number of aromatic nitrogens is 2. The normalized spacial score (nSPS) is 12.0. The average Bonchev–Trinajstić information content (AvgIpc) is 3.00. The van der Waals surface area contributed by atoms with Crippen molar-refractivity contribution in [1.29, 1.82) is 0 Å². The van der Waals surface area contributed by atoms with Gasteiger partial charge in [-0.25, -0.2) is 17.6 Å². The molecule has 1 aromatic carbocycles. The highest BCUT2D eigenvalue weighted by molar-refractivity contribution is 7.93. The van der Waals surface area contributed by atoms with Gasteiger partial charge in [-0.1, -0.05) is 11.6 Å². The van der Waals surface area contributed by atoms with Crippen LogP contribution in [0.25, 0.3) is 17.0 Å². The van der Waals surface area contributed by atoms with E-state index in [0.717, 1.165) is 6.08 Å². The second-order valence-electron chi connectivity index (χ2n) is 5.32. The van der Waals surface area contributed by atoms with Crippen molar-refractivity contribution in [2.45, 2.75) is 4.90 Å². The van der Waals surface area contributed by atoms with Crippen LogP contribution in [0.3, 0.4) is 0 Å². The predicted octanol–water partition coefficient (Wildman–Crippen LogP) is 3.39. The van der Waals surface area contributed by atoms with Gasteiger partial charge in [-0.3, -0.25) is 4.72 Å². The Balaban J connectivity index is 1.98. The van der Waals surface area contributed by atoms with Gasteiger partial charge in [0.05, 0.1) is 0 Å². The highest BCUT2D eigenvalue weighted by atomic mass is 35.5. The third-order valence-electron chi connectivity index (χ3n) is 3.49. The van der Waals surface area contributed by atoms with E-state index in [0.29, 0.717) is 28.1 Å². The number of halogens is 3. The number of carboxylic acid groups (broad SMARTS) is 1. The summed E-state index contributed by atoms with van der Waals surface area (Å²) in [7, 11) is -4.29. The lowest BCUT2D eigenvalue weighted by atomic mass is 10.2. The zero-order valence-corrected chi connectivity index (χ0v) is 14.8. The molecule has 0 aliphatic heterocycles. The number of anilines is 1. The number of hydrogen-bond donors (Lipinski definition) is 3. The summed E-state index contributed by atoms with van der Waals surface area (Å²) in [5.41, 5.74) is -0.00349. The van der Waals surface area contributed by atoms with Gasteiger partial charge in [0.2, 0.25) is 5.95 Å². The highest BCUT2D eigenvalue weighted by Crippen LogP contribution is 2.27. The molecular weight excluding hydrogens is 404 g/mol. The fraction of sp³-hybridized carbons (Fsp3) is 0. The standard InChI is InChI=1S/C16H10ClF2N3O4S/c17-9-2-3-10-12(6-9)20-7-13(10)27(25,26)22-16-11(18)5-8(15(19)21-16)1-4-14(23)24/h1-7,20H,(H,21,22)(H,23,24)/b4-1+. The third kappa shape index (κ3) is 3.91. The zero-order valence-electron chi connectivity index (χ0n) is 13.2. The number of fused-ring (bicyclic) bond motifs is 1. The number of hydrogen-bond acceptors (Lipinski definition) is 4. The molecule has 11 heteroatoms. The van der Waals surface area contributed by atoms with Gasteiger partial charge < -0.3 is 10.1 Å². The Morgan fingerprint density at radius 2 is 2.04 bits per heavy atom. The van der Waals surface area contributed by atoms with Gasteiger partial charge in [-0.2, -0.15) is 9.37 Å². The second-order valence-corrected chi connectivity index (χ2v) is 7.41. The molecule has 0 aliphatic rings. The number of carboxylic acids is 1. The lowest BCUT2D eigenvalue weighted by molar-refractivity contribution is -0.131. The van der Waals surface area contributed by atoms with Crippen LogP contribution in [0.2, 0.25) is 5.02 Å². The molecule has 27 heavy (non-hydrogen) atoms. The number of sulfonamides is 1. The van der Waals surface area contributed by atoms with Crippen molar-refractivity contribution in [3.63, 3.8) is 0 Å². The van der Waals surface area contributed by atoms with Crippen LogP contribution in [0.4, 0.5) is 14.6 Å². The number of benzene rings is 1. The maximum Gasteiger partial charge on any atom is 0.328 e. The summed E-state index contributed by atoms with van der Waals surface area (Å²) in [6.45, 7) is 0. The maximum absolute atomic E-state index is 14.1. The van der Waals surface area contributed by atoms with Crippen molar-refractivity contribution in [3.8, 4) is 0 Å². The summed E-state index contributed by atoms with van der Waals surface area (Å²) >= 11 is 5.84. The van der Waals surface area contributed by atoms with E-state index in [1.807, 2.05) is 4.72 Å². The first-order chi connectivity index (χ1) is 12.7. The van der Waals surface area contributed by atoms with Crippen molar-refractivity contribution in [1.82, 2.24) is 9.97 Å². The topological polar surface area (TPSA) is 112 Å². The summed E-state index contributed by atoms with van der Waals surface area (Å²) in [5.74, 6) is -4.63. The molecule has 3 rings (SSSR count). The van der Waals surface area contributed by atoms with Crippen molar-refractivity contribution < 1.29 is 27.1 Å². The molecule has 7 nitrogen and oxygen atoms in total. The Morgan fingerprint density at radius 1 is 1.30 bits per heavy atom. The molecule has 3 N–H and O–H groups in total. The molecule has 0 amide bonds. The monoisotopic (exact) mass is 413 g/mol. The van der Waals surface area contributed by atoms with Gasteiger partial charge in [0, 0.05) is 33.8 Å². The smallest absolute Gasteiger partial charge is 0.328 e. The van der Waals surface area contributed by atoms with E-state index in [9.17, 15) is 22.0 Å². The SMILES string of the molecule is O=C(O)/C=C/c1cc(F)c(NS(=O)(=O)c2c[nH]c3cc(Cl)ccc23)nc1F. The molecule has 0 fully saturated rings. The van der Waals surface area contributed by atoms with Crippen molar-refractivity contribution in [2.24, 2.45) is 0 Å². The summed E-state index contributed by atoms with van der Waals surface area (Å²) in [6.07, 6.45) is 2.58. The summed E-state index contributed by atoms with van der Waals surface area (Å²) in [6, 6.07) is 5.10. The molecule has 0 aliphatic carbocycles. The largest absolute Gasteiger partial charge is 0.478 e. The van der Waals surface area contributed by atoms with Crippen LogP contribution in [-0.2, 0) is 14.8 Å². The molecule has 2 aromatic heterocycles. The fourth-order valence-corrected chi connectivity index (χ4v) is 3.67. The summed E-state index contributed by atoms with van der Waals surface area (Å²) in [5, 5.41) is 9.22. The summed E-state index contributed by atoms with van der Waals surface area (Å²) in [4.78, 5) is 16.2. The van der Waals surface area contributed by atoms with Crippen LogP contribution in [0, 0.1) is 11.8 Å². The Kier molecular flexibility index (Phi) is 4.85. The number of aromatic amines is 1. The van der Waals surface area contributed by atoms with Gasteiger partial charge in [0.25, 0.3) is 10.0 Å². The molecule has 0 atom stereocenters. The van der Waals surface area contributed by atoms with E-state index in [-0.39, 0.29) is 4.90 Å². The molecule has 0 spiro atoms. The van der Waals surface area contributed by atoms with E-state index >= 15 is 0 Å². The number of aliphatic carboxylic acids is 1. The lowest BCUT2D eigenvalue weighted by Crippen LogP contribution is -2.15. The van der Waals surface area contributed by atoms with Crippen LogP contribution in [0.5, 0.6) is 0 Å². The molecule has 0 saturated heterocycles. The summed E-state index contributed by atoms with van der Waals surface area (Å²) < 4.78 is 55.0. The minimum atomic E-state index is -4.29. The van der Waals surface area contributed by atoms with E-state index in [2.05, 4.69) is 9.97 Å². The van der Waals surface area contributed by atoms with Crippen LogP contribution < -0.4 is 4.72 Å². The lowest BCUT2D eigenvalue weighted by Gasteiger charge is -2.08. The molecule has 3 aromatic rings. The van der Waals surface area contributed by atoms with Crippen LogP contribution >= 0.6 is 11.6 Å². The predicted molar refractivity (Wildman–Crippen MR) is 94.9 cm³/mol. The van der Waals surface area contributed by atoms with E-state index in [1.54, 1.807) is 0 Å². The number of nitrogens with one attached hydrogen (secondary N) is 2. The van der Waals surface area contributed by atoms with Crippen LogP contribution in [0.1, 0.15) is 5.56 Å². The third-order valence-corrected chi connectivity index (χ3v) is 5.10. The minimum Gasteiger partial charge on any atom is -0.478 e. The molecule has 0 radical (unpaired) electrons. The number of nitrogens with zero attached hydrogens (tertiary/aromatic N) is 1. The molecule has 140 valence electrons. The maximum atomic E-state index is 14.1. The van der Waals surface area contributed by atoms with Crippen LogP contribution in [0.15, 0.2) is 41.4 Å². The Bertz CT molecular complexity index is 1190. The minimum absolute atomic E-state index is 0.203.